The molecule has 0 radical (unpaired) electrons. The average Bonchev–Trinajstić information content (AvgIpc) is 3.35. The number of nitrogens with zero attached hydrogens (tertiary/aromatic N) is 5. The van der Waals surface area contributed by atoms with E-state index < -0.39 is 0 Å². The maximum absolute atomic E-state index is 12.3. The molecule has 4 rings (SSSR count). The van der Waals surface area contributed by atoms with Gasteiger partial charge in [-0.1, -0.05) is 0 Å². The fourth-order valence-corrected chi connectivity index (χ4v) is 3.92. The lowest BCUT2D eigenvalue weighted by molar-refractivity contribution is 0.0714. The van der Waals surface area contributed by atoms with Crippen LogP contribution in [-0.2, 0) is 7.05 Å². The number of hydrogen-bond donors (Lipinski definition) is 0. The third-order valence-corrected chi connectivity index (χ3v) is 5.39. The minimum absolute atomic E-state index is 0.0580. The Labute approximate surface area is 149 Å². The van der Waals surface area contributed by atoms with Crippen molar-refractivity contribution < 1.29 is 9.21 Å². The predicted molar refractivity (Wildman–Crippen MR) is 95.9 cm³/mol. The lowest BCUT2D eigenvalue weighted by atomic mass is 10.3. The summed E-state index contributed by atoms with van der Waals surface area (Å²) in [5.41, 5.74) is 0. The smallest absolute Gasteiger partial charge is 0.289 e. The summed E-state index contributed by atoms with van der Waals surface area (Å²) < 4.78 is 7.23. The molecule has 1 fully saturated rings. The van der Waals surface area contributed by atoms with E-state index in [0.717, 1.165) is 29.7 Å². The zero-order valence-electron chi connectivity index (χ0n) is 14.2. The molecule has 0 N–H and O–H groups in total. The van der Waals surface area contributed by atoms with E-state index in [0.29, 0.717) is 18.8 Å². The quantitative estimate of drug-likeness (QED) is 0.720. The molecule has 0 bridgehead atoms. The van der Waals surface area contributed by atoms with Crippen LogP contribution >= 0.6 is 11.3 Å². The molecule has 0 spiro atoms. The van der Waals surface area contributed by atoms with Gasteiger partial charge in [0.05, 0.1) is 11.1 Å². The summed E-state index contributed by atoms with van der Waals surface area (Å²) >= 11 is 1.71. The Hall–Kier alpha value is -2.61. The van der Waals surface area contributed by atoms with Crippen molar-refractivity contribution in [2.24, 2.45) is 7.05 Å². The number of aromatic nitrogens is 3. The topological polar surface area (TPSA) is 67.4 Å². The second-order valence-electron chi connectivity index (χ2n) is 6.05. The number of carbonyl (C=O) groups excluding carboxylic acids is 1. The van der Waals surface area contributed by atoms with Crippen LogP contribution in [0.1, 0.15) is 15.4 Å². The number of rotatable bonds is 3. The van der Waals surface area contributed by atoms with Gasteiger partial charge in [0, 0.05) is 38.1 Å². The third-order valence-electron chi connectivity index (χ3n) is 4.39. The van der Waals surface area contributed by atoms with Crippen molar-refractivity contribution in [3.8, 4) is 10.7 Å². The summed E-state index contributed by atoms with van der Waals surface area (Å²) in [5.74, 6) is 2.05. The fourth-order valence-electron chi connectivity index (χ4n) is 3.03. The fraction of sp³-hybridized carbons (Fsp3) is 0.353. The first-order valence-corrected chi connectivity index (χ1v) is 8.99. The Balaban J connectivity index is 1.46. The van der Waals surface area contributed by atoms with E-state index in [-0.39, 0.29) is 5.91 Å². The second kappa shape index (κ2) is 6.36. The molecule has 0 aromatic carbocycles. The zero-order chi connectivity index (χ0) is 17.4. The maximum Gasteiger partial charge on any atom is 0.289 e. The number of anilines is 1. The van der Waals surface area contributed by atoms with Crippen molar-refractivity contribution in [1.82, 2.24) is 19.7 Å². The van der Waals surface area contributed by atoms with Crippen LogP contribution in [0.15, 0.2) is 34.9 Å². The minimum atomic E-state index is -0.0580. The zero-order valence-corrected chi connectivity index (χ0v) is 15.0. The molecule has 1 aliphatic rings. The second-order valence-corrected chi connectivity index (χ2v) is 7.34. The summed E-state index contributed by atoms with van der Waals surface area (Å²) in [4.78, 5) is 18.7. The number of hydrogen-bond acceptors (Lipinski definition) is 6. The van der Waals surface area contributed by atoms with Gasteiger partial charge in [0.25, 0.3) is 5.91 Å². The summed E-state index contributed by atoms with van der Waals surface area (Å²) in [7, 11) is 1.99. The molecule has 0 atom stereocenters. The highest BCUT2D eigenvalue weighted by atomic mass is 32.1. The summed E-state index contributed by atoms with van der Waals surface area (Å²) in [6.07, 6.45) is 1.52. The molecular formula is C17H19N5O2S. The Bertz CT molecular complexity index is 875. The molecule has 3 aromatic heterocycles. The van der Waals surface area contributed by atoms with Crippen LogP contribution in [0.4, 0.5) is 5.95 Å². The highest BCUT2D eigenvalue weighted by molar-refractivity contribution is 7.15. The number of carbonyl (C=O) groups is 1. The molecule has 25 heavy (non-hydrogen) atoms. The lowest BCUT2D eigenvalue weighted by Gasteiger charge is -2.34. The average molecular weight is 357 g/mol. The first-order chi connectivity index (χ1) is 12.1. The number of thiophene rings is 1. The number of furan rings is 1. The first-order valence-electron chi connectivity index (χ1n) is 8.17. The Morgan fingerprint density at radius 1 is 1.16 bits per heavy atom. The molecule has 4 heterocycles. The van der Waals surface area contributed by atoms with Crippen molar-refractivity contribution in [3.63, 3.8) is 0 Å². The molecule has 0 aliphatic carbocycles. The van der Waals surface area contributed by atoms with Crippen molar-refractivity contribution in [2.45, 2.75) is 6.92 Å². The van der Waals surface area contributed by atoms with Crippen LogP contribution in [0.25, 0.3) is 10.7 Å². The number of aryl methyl sites for hydroxylation is 1. The van der Waals surface area contributed by atoms with Gasteiger partial charge < -0.3 is 14.2 Å². The molecule has 130 valence electrons. The first kappa shape index (κ1) is 15.9. The molecule has 0 saturated carbocycles. The van der Waals surface area contributed by atoms with E-state index in [1.54, 1.807) is 23.5 Å². The molecule has 1 saturated heterocycles. The van der Waals surface area contributed by atoms with Gasteiger partial charge in [-0.25, -0.2) is 0 Å². The van der Waals surface area contributed by atoms with Crippen LogP contribution < -0.4 is 4.90 Å². The third kappa shape index (κ3) is 2.93. The largest absolute Gasteiger partial charge is 0.459 e. The van der Waals surface area contributed by atoms with Gasteiger partial charge in [-0.15, -0.1) is 21.5 Å². The van der Waals surface area contributed by atoms with Gasteiger partial charge in [0.2, 0.25) is 5.95 Å². The molecule has 3 aromatic rings. The van der Waals surface area contributed by atoms with Crippen LogP contribution in [0.3, 0.4) is 0 Å². The SMILES string of the molecule is Cc1ccc(-c2nnc(N3CCN(C(=O)c4ccco4)CC3)n2C)s1. The van der Waals surface area contributed by atoms with E-state index in [1.807, 2.05) is 16.5 Å². The van der Waals surface area contributed by atoms with Gasteiger partial charge in [0.1, 0.15) is 0 Å². The molecular weight excluding hydrogens is 338 g/mol. The van der Waals surface area contributed by atoms with E-state index in [4.69, 9.17) is 4.42 Å². The van der Waals surface area contributed by atoms with Crippen LogP contribution in [0.2, 0.25) is 0 Å². The number of piperazine rings is 1. The maximum atomic E-state index is 12.3. The normalized spacial score (nSPS) is 15.0. The summed E-state index contributed by atoms with van der Waals surface area (Å²) in [6.45, 7) is 4.81. The van der Waals surface area contributed by atoms with E-state index in [2.05, 4.69) is 34.2 Å². The van der Waals surface area contributed by atoms with Gasteiger partial charge in [-0.05, 0) is 31.2 Å². The molecule has 7 nitrogen and oxygen atoms in total. The monoisotopic (exact) mass is 357 g/mol. The highest BCUT2D eigenvalue weighted by Gasteiger charge is 2.26. The highest BCUT2D eigenvalue weighted by Crippen LogP contribution is 2.28. The molecule has 0 unspecified atom stereocenters. The Kier molecular flexibility index (Phi) is 4.04. The van der Waals surface area contributed by atoms with Crippen molar-refractivity contribution in [2.75, 3.05) is 31.1 Å². The van der Waals surface area contributed by atoms with Crippen LogP contribution in [0, 0.1) is 6.92 Å². The van der Waals surface area contributed by atoms with E-state index in [1.165, 1.54) is 11.1 Å². The molecule has 1 aliphatic heterocycles. The molecule has 1 amide bonds. The van der Waals surface area contributed by atoms with Crippen LogP contribution in [-0.4, -0.2) is 51.8 Å². The molecule has 8 heteroatoms. The van der Waals surface area contributed by atoms with Crippen molar-refractivity contribution >= 4 is 23.2 Å². The Morgan fingerprint density at radius 3 is 2.60 bits per heavy atom. The lowest BCUT2D eigenvalue weighted by Crippen LogP contribution is -2.49. The summed E-state index contributed by atoms with van der Waals surface area (Å²) in [5, 5.41) is 8.72. The summed E-state index contributed by atoms with van der Waals surface area (Å²) in [6, 6.07) is 7.60. The standard InChI is InChI=1S/C17H19N5O2S/c1-12-5-6-14(25-12)15-18-19-17(20(15)2)22-9-7-21(8-10-22)16(23)13-4-3-11-24-13/h3-6,11H,7-10H2,1-2H3. The van der Waals surface area contributed by atoms with Gasteiger partial charge in [-0.2, -0.15) is 0 Å². The predicted octanol–water partition coefficient (Wildman–Crippen LogP) is 2.41. The van der Waals surface area contributed by atoms with Gasteiger partial charge in [0.15, 0.2) is 11.6 Å². The Morgan fingerprint density at radius 2 is 1.96 bits per heavy atom. The van der Waals surface area contributed by atoms with Gasteiger partial charge >= 0.3 is 0 Å². The van der Waals surface area contributed by atoms with E-state index in [9.17, 15) is 4.79 Å². The van der Waals surface area contributed by atoms with Crippen LogP contribution in [0.5, 0.6) is 0 Å². The minimum Gasteiger partial charge on any atom is -0.459 e. The van der Waals surface area contributed by atoms with E-state index >= 15 is 0 Å². The van der Waals surface area contributed by atoms with Crippen molar-refractivity contribution in [1.29, 1.82) is 0 Å². The van der Waals surface area contributed by atoms with Gasteiger partial charge in [-0.3, -0.25) is 9.36 Å². The van der Waals surface area contributed by atoms with Crippen molar-refractivity contribution in [3.05, 3.63) is 41.2 Å². The number of amides is 1.